The van der Waals surface area contributed by atoms with E-state index in [1.807, 2.05) is 0 Å². The topological polar surface area (TPSA) is 101 Å². The van der Waals surface area contributed by atoms with Crippen LogP contribution in [0.3, 0.4) is 0 Å². The molecule has 0 saturated carbocycles. The number of carbonyl (C=O) groups is 1. The molecule has 1 rings (SSSR count). The van der Waals surface area contributed by atoms with Crippen LogP contribution >= 0.6 is 11.8 Å². The smallest absolute Gasteiger partial charge is 0.275 e. The molecule has 0 aromatic heterocycles. The van der Waals surface area contributed by atoms with Gasteiger partial charge in [0.05, 0.1) is 16.6 Å². The normalized spacial score (nSPS) is 13.8. The van der Waals surface area contributed by atoms with Crippen LogP contribution in [-0.2, 0) is 4.79 Å². The van der Waals surface area contributed by atoms with Crippen molar-refractivity contribution in [2.75, 3.05) is 5.75 Å². The minimum absolute atomic E-state index is 0.0757. The highest BCUT2D eigenvalue weighted by atomic mass is 32.2. The molecule has 0 aliphatic carbocycles. The molecule has 0 bridgehead atoms. The van der Waals surface area contributed by atoms with Crippen LogP contribution in [0.4, 0.5) is 5.69 Å². The number of aliphatic hydroxyl groups excluding tert-OH is 2. The lowest BCUT2D eigenvalue weighted by Crippen LogP contribution is -2.20. The van der Waals surface area contributed by atoms with E-state index in [-0.39, 0.29) is 22.8 Å². The summed E-state index contributed by atoms with van der Waals surface area (Å²) in [7, 11) is 0. The lowest BCUT2D eigenvalue weighted by Gasteiger charge is -2.18. The van der Waals surface area contributed by atoms with Crippen molar-refractivity contribution in [3.8, 4) is 0 Å². The highest BCUT2D eigenvalue weighted by molar-refractivity contribution is 8.13. The van der Waals surface area contributed by atoms with Crippen LogP contribution in [0, 0.1) is 17.0 Å². The molecule has 6 nitrogen and oxygen atoms in total. The van der Waals surface area contributed by atoms with Crippen molar-refractivity contribution >= 4 is 22.6 Å². The van der Waals surface area contributed by atoms with Gasteiger partial charge in [-0.15, -0.1) is 0 Å². The summed E-state index contributed by atoms with van der Waals surface area (Å²) < 4.78 is 0. The van der Waals surface area contributed by atoms with Gasteiger partial charge in [-0.2, -0.15) is 0 Å². The highest BCUT2D eigenvalue weighted by Crippen LogP contribution is 2.29. The van der Waals surface area contributed by atoms with Gasteiger partial charge in [-0.3, -0.25) is 14.9 Å². The number of aryl methyl sites for hydroxylation is 1. The summed E-state index contributed by atoms with van der Waals surface area (Å²) in [6.07, 6.45) is -2.32. The van der Waals surface area contributed by atoms with Crippen molar-refractivity contribution < 1.29 is 19.9 Å². The maximum Gasteiger partial charge on any atom is 0.275 e. The Morgan fingerprint density at radius 2 is 2.10 bits per heavy atom. The number of nitrogens with zero attached hydrogens (tertiary/aromatic N) is 1. The number of aliphatic hydroxyl groups is 2. The molecular weight excluding hydrogens is 282 g/mol. The Balaban J connectivity index is 2.84. The van der Waals surface area contributed by atoms with E-state index in [2.05, 4.69) is 0 Å². The third-order valence-electron chi connectivity index (χ3n) is 2.78. The molecule has 2 unspecified atom stereocenters. The standard InChI is InChI=1S/C13H17NO5S/c1-8-3-4-11(14(18)19)10(7-8)13(17)12(16)5-6-20-9(2)15/h3-4,7,12-13,16-17H,5-6H2,1-2H3. The van der Waals surface area contributed by atoms with Gasteiger partial charge in [-0.25, -0.2) is 0 Å². The van der Waals surface area contributed by atoms with Gasteiger partial charge >= 0.3 is 0 Å². The molecule has 1 aromatic carbocycles. The van der Waals surface area contributed by atoms with E-state index >= 15 is 0 Å². The monoisotopic (exact) mass is 299 g/mol. The number of hydrogen-bond acceptors (Lipinski definition) is 6. The van der Waals surface area contributed by atoms with Gasteiger partial charge in [-0.05, 0) is 19.4 Å². The average Bonchev–Trinajstić information content (AvgIpc) is 2.36. The van der Waals surface area contributed by atoms with Crippen molar-refractivity contribution in [2.45, 2.75) is 32.5 Å². The number of rotatable bonds is 6. The Morgan fingerprint density at radius 3 is 2.65 bits per heavy atom. The summed E-state index contributed by atoms with van der Waals surface area (Å²) in [4.78, 5) is 21.1. The van der Waals surface area contributed by atoms with Gasteiger partial charge in [0.2, 0.25) is 0 Å². The third kappa shape index (κ3) is 4.59. The molecule has 0 fully saturated rings. The van der Waals surface area contributed by atoms with Gasteiger partial charge in [0, 0.05) is 18.7 Å². The molecule has 0 radical (unpaired) electrons. The first-order valence-electron chi connectivity index (χ1n) is 6.07. The molecule has 0 aliphatic heterocycles. The number of carbonyl (C=O) groups excluding carboxylic acids is 1. The second kappa shape index (κ2) is 7.37. The van der Waals surface area contributed by atoms with Crippen LogP contribution in [0.15, 0.2) is 18.2 Å². The summed E-state index contributed by atoms with van der Waals surface area (Å²) >= 11 is 1.04. The van der Waals surface area contributed by atoms with Crippen molar-refractivity contribution in [1.82, 2.24) is 0 Å². The maximum absolute atomic E-state index is 10.9. The molecule has 0 aliphatic rings. The molecule has 20 heavy (non-hydrogen) atoms. The summed E-state index contributed by atoms with van der Waals surface area (Å²) in [6.45, 7) is 3.16. The fraction of sp³-hybridized carbons (Fsp3) is 0.462. The summed E-state index contributed by atoms with van der Waals surface area (Å²) in [5, 5.41) is 30.8. The summed E-state index contributed by atoms with van der Waals surface area (Å²) in [5.74, 6) is 0.354. The second-order valence-electron chi connectivity index (χ2n) is 4.46. The zero-order chi connectivity index (χ0) is 15.3. The molecule has 1 aromatic rings. The van der Waals surface area contributed by atoms with Crippen LogP contribution in [-0.4, -0.2) is 32.1 Å². The number of thioether (sulfide) groups is 1. The number of nitro benzene ring substituents is 1. The third-order valence-corrected chi connectivity index (χ3v) is 3.63. The number of hydrogen-bond donors (Lipinski definition) is 2. The van der Waals surface area contributed by atoms with Gasteiger partial charge in [0.25, 0.3) is 5.69 Å². The van der Waals surface area contributed by atoms with E-state index in [4.69, 9.17) is 0 Å². The maximum atomic E-state index is 10.9. The molecule has 7 heteroatoms. The molecule has 2 atom stereocenters. The molecule has 2 N–H and O–H groups in total. The lowest BCUT2D eigenvalue weighted by molar-refractivity contribution is -0.386. The van der Waals surface area contributed by atoms with Gasteiger partial charge in [0.1, 0.15) is 6.10 Å². The SMILES string of the molecule is CC(=O)SCCC(O)C(O)c1cc(C)ccc1[N+](=O)[O-]. The number of nitro groups is 1. The molecule has 0 saturated heterocycles. The first-order valence-corrected chi connectivity index (χ1v) is 7.06. The van der Waals surface area contributed by atoms with Gasteiger partial charge in [0.15, 0.2) is 5.12 Å². The number of benzene rings is 1. The van der Waals surface area contributed by atoms with Crippen LogP contribution in [0.25, 0.3) is 0 Å². The Bertz CT molecular complexity index is 506. The fourth-order valence-corrected chi connectivity index (χ4v) is 2.41. The van der Waals surface area contributed by atoms with Crippen LogP contribution in [0.2, 0.25) is 0 Å². The summed E-state index contributed by atoms with van der Waals surface area (Å²) in [5.41, 5.74) is 0.631. The van der Waals surface area contributed by atoms with E-state index in [9.17, 15) is 25.1 Å². The Morgan fingerprint density at radius 1 is 1.45 bits per heavy atom. The largest absolute Gasteiger partial charge is 0.390 e. The predicted octanol–water partition coefficient (Wildman–Crippen LogP) is 1.97. The zero-order valence-corrected chi connectivity index (χ0v) is 12.1. The molecule has 0 heterocycles. The average molecular weight is 299 g/mol. The van der Waals surface area contributed by atoms with Crippen molar-refractivity contribution in [3.05, 3.63) is 39.4 Å². The van der Waals surface area contributed by atoms with Gasteiger partial charge in [-0.1, -0.05) is 23.4 Å². The van der Waals surface area contributed by atoms with E-state index < -0.39 is 17.1 Å². The van der Waals surface area contributed by atoms with Crippen LogP contribution < -0.4 is 0 Å². The van der Waals surface area contributed by atoms with Crippen molar-refractivity contribution in [1.29, 1.82) is 0 Å². The minimum atomic E-state index is -1.34. The Labute approximate surface area is 121 Å². The highest BCUT2D eigenvalue weighted by Gasteiger charge is 2.26. The van der Waals surface area contributed by atoms with Crippen LogP contribution in [0.5, 0.6) is 0 Å². The van der Waals surface area contributed by atoms with Crippen LogP contribution in [0.1, 0.15) is 30.6 Å². The Kier molecular flexibility index (Phi) is 6.12. The molecule has 0 amide bonds. The van der Waals surface area contributed by atoms with E-state index in [0.29, 0.717) is 5.75 Å². The van der Waals surface area contributed by atoms with Crippen molar-refractivity contribution in [3.63, 3.8) is 0 Å². The minimum Gasteiger partial charge on any atom is -0.390 e. The quantitative estimate of drug-likeness (QED) is 0.615. The molecule has 110 valence electrons. The first-order chi connectivity index (χ1) is 9.32. The summed E-state index contributed by atoms with van der Waals surface area (Å²) in [6, 6.07) is 4.38. The molecule has 0 spiro atoms. The van der Waals surface area contributed by atoms with Gasteiger partial charge < -0.3 is 10.2 Å². The second-order valence-corrected chi connectivity index (χ2v) is 5.73. The Hall–Kier alpha value is -1.44. The lowest BCUT2D eigenvalue weighted by atomic mass is 9.99. The van der Waals surface area contributed by atoms with E-state index in [1.54, 1.807) is 13.0 Å². The zero-order valence-electron chi connectivity index (χ0n) is 11.3. The van der Waals surface area contributed by atoms with E-state index in [0.717, 1.165) is 17.3 Å². The predicted molar refractivity (Wildman–Crippen MR) is 76.6 cm³/mol. The van der Waals surface area contributed by atoms with E-state index in [1.165, 1.54) is 19.1 Å². The van der Waals surface area contributed by atoms with Crippen molar-refractivity contribution in [2.24, 2.45) is 0 Å². The fourth-order valence-electron chi connectivity index (χ4n) is 1.77. The molecular formula is C13H17NO5S. The first kappa shape index (κ1) is 16.6.